The SMILES string of the molecule is CCOC(=O)c1cnc(-c2cccc(C(F)(F)F)c2)nc1N1CCC[C@@H]2CCCC[C@@H]21. The van der Waals surface area contributed by atoms with Gasteiger partial charge in [-0.3, -0.25) is 0 Å². The number of halogens is 3. The van der Waals surface area contributed by atoms with Crippen molar-refractivity contribution in [2.45, 2.75) is 57.7 Å². The maximum absolute atomic E-state index is 13.2. The molecule has 0 radical (unpaired) electrons. The number of hydrogen-bond acceptors (Lipinski definition) is 5. The summed E-state index contributed by atoms with van der Waals surface area (Å²) >= 11 is 0. The van der Waals surface area contributed by atoms with E-state index in [1.807, 2.05) is 0 Å². The summed E-state index contributed by atoms with van der Waals surface area (Å²) in [6, 6.07) is 5.24. The molecular formula is C23H26F3N3O2. The van der Waals surface area contributed by atoms with Gasteiger partial charge in [0.25, 0.3) is 0 Å². The molecule has 1 aliphatic carbocycles. The van der Waals surface area contributed by atoms with Gasteiger partial charge in [0.05, 0.1) is 12.2 Å². The molecule has 2 heterocycles. The van der Waals surface area contributed by atoms with Crippen LogP contribution in [-0.4, -0.2) is 35.1 Å². The smallest absolute Gasteiger partial charge is 0.416 e. The molecule has 2 aromatic rings. The minimum absolute atomic E-state index is 0.173. The summed E-state index contributed by atoms with van der Waals surface area (Å²) in [4.78, 5) is 23.6. The van der Waals surface area contributed by atoms with Crippen LogP contribution in [0.1, 0.15) is 61.4 Å². The summed E-state index contributed by atoms with van der Waals surface area (Å²) in [6.07, 6.45) is 3.59. The number of rotatable bonds is 4. The standard InChI is InChI=1S/C23H26F3N3O2/c1-2-31-22(30)18-14-27-20(16-8-5-10-17(13-16)23(24,25)26)28-21(18)29-12-6-9-15-7-3-4-11-19(15)29/h5,8,10,13-15,19H,2-4,6-7,9,11-12H2,1H3/t15-,19-/m0/s1. The molecule has 0 amide bonds. The number of carbonyl (C=O) groups excluding carboxylic acids is 1. The van der Waals surface area contributed by atoms with Crippen molar-refractivity contribution in [2.75, 3.05) is 18.1 Å². The second kappa shape index (κ2) is 8.85. The summed E-state index contributed by atoms with van der Waals surface area (Å²) in [6.45, 7) is 2.71. The number of piperidine rings is 1. The van der Waals surface area contributed by atoms with E-state index in [-0.39, 0.29) is 29.6 Å². The van der Waals surface area contributed by atoms with Crippen LogP contribution < -0.4 is 4.90 Å². The van der Waals surface area contributed by atoms with Gasteiger partial charge < -0.3 is 9.64 Å². The highest BCUT2D eigenvalue weighted by atomic mass is 19.4. The van der Waals surface area contributed by atoms with E-state index in [4.69, 9.17) is 4.74 Å². The van der Waals surface area contributed by atoms with Crippen LogP contribution in [0, 0.1) is 5.92 Å². The molecule has 0 spiro atoms. The Kier molecular flexibility index (Phi) is 6.16. The van der Waals surface area contributed by atoms with E-state index in [0.717, 1.165) is 50.8 Å². The number of esters is 1. The number of anilines is 1. The van der Waals surface area contributed by atoms with Crippen molar-refractivity contribution in [3.05, 3.63) is 41.6 Å². The zero-order chi connectivity index (χ0) is 22.0. The Morgan fingerprint density at radius 3 is 2.74 bits per heavy atom. The van der Waals surface area contributed by atoms with Gasteiger partial charge in [0.1, 0.15) is 11.4 Å². The quantitative estimate of drug-likeness (QED) is 0.596. The van der Waals surface area contributed by atoms with Crippen LogP contribution in [0.4, 0.5) is 19.0 Å². The zero-order valence-electron chi connectivity index (χ0n) is 17.5. The van der Waals surface area contributed by atoms with Gasteiger partial charge in [-0.25, -0.2) is 14.8 Å². The molecule has 1 aromatic carbocycles. The van der Waals surface area contributed by atoms with Crippen molar-refractivity contribution < 1.29 is 22.7 Å². The van der Waals surface area contributed by atoms with Gasteiger partial charge in [0.15, 0.2) is 5.82 Å². The molecule has 2 atom stereocenters. The topological polar surface area (TPSA) is 55.3 Å². The number of ether oxygens (including phenoxy) is 1. The van der Waals surface area contributed by atoms with Crippen molar-refractivity contribution in [2.24, 2.45) is 5.92 Å². The van der Waals surface area contributed by atoms with Gasteiger partial charge >= 0.3 is 12.1 Å². The van der Waals surface area contributed by atoms with Crippen LogP contribution in [0.15, 0.2) is 30.5 Å². The molecule has 0 N–H and O–H groups in total. The molecule has 1 aromatic heterocycles. The second-order valence-corrected chi connectivity index (χ2v) is 8.18. The van der Waals surface area contributed by atoms with Gasteiger partial charge in [-0.15, -0.1) is 0 Å². The highest BCUT2D eigenvalue weighted by Gasteiger charge is 2.36. The van der Waals surface area contributed by atoms with Crippen LogP contribution in [0.25, 0.3) is 11.4 Å². The minimum Gasteiger partial charge on any atom is -0.462 e. The molecule has 166 valence electrons. The van der Waals surface area contributed by atoms with Crippen molar-refractivity contribution in [1.29, 1.82) is 0 Å². The first-order chi connectivity index (χ1) is 14.9. The second-order valence-electron chi connectivity index (χ2n) is 8.18. The van der Waals surface area contributed by atoms with Crippen molar-refractivity contribution in [1.82, 2.24) is 9.97 Å². The lowest BCUT2D eigenvalue weighted by molar-refractivity contribution is -0.137. The number of hydrogen-bond donors (Lipinski definition) is 0. The van der Waals surface area contributed by atoms with Crippen molar-refractivity contribution >= 4 is 11.8 Å². The van der Waals surface area contributed by atoms with E-state index in [1.165, 1.54) is 18.7 Å². The third-order valence-electron chi connectivity index (χ3n) is 6.23. The summed E-state index contributed by atoms with van der Waals surface area (Å²) < 4.78 is 44.8. The number of fused-ring (bicyclic) bond motifs is 1. The predicted molar refractivity (Wildman–Crippen MR) is 111 cm³/mol. The third kappa shape index (κ3) is 4.52. The number of aromatic nitrogens is 2. The normalized spacial score (nSPS) is 21.5. The maximum Gasteiger partial charge on any atom is 0.416 e. The van der Waals surface area contributed by atoms with E-state index in [0.29, 0.717) is 11.7 Å². The summed E-state index contributed by atoms with van der Waals surface area (Å²) in [5, 5.41) is 0. The van der Waals surface area contributed by atoms with Gasteiger partial charge in [-0.1, -0.05) is 25.0 Å². The Hall–Kier alpha value is -2.64. The Morgan fingerprint density at radius 1 is 1.19 bits per heavy atom. The molecule has 2 aliphatic rings. The molecule has 0 unspecified atom stereocenters. The lowest BCUT2D eigenvalue weighted by atomic mass is 9.78. The lowest BCUT2D eigenvalue weighted by Gasteiger charge is -2.45. The molecule has 0 bridgehead atoms. The molecular weight excluding hydrogens is 407 g/mol. The number of alkyl halides is 3. The van der Waals surface area contributed by atoms with Gasteiger partial charge in [0.2, 0.25) is 0 Å². The third-order valence-corrected chi connectivity index (χ3v) is 6.23. The van der Waals surface area contributed by atoms with Crippen LogP contribution in [0.2, 0.25) is 0 Å². The van der Waals surface area contributed by atoms with Crippen molar-refractivity contribution in [3.8, 4) is 11.4 Å². The first-order valence-corrected chi connectivity index (χ1v) is 10.9. The lowest BCUT2D eigenvalue weighted by Crippen LogP contribution is -2.48. The Balaban J connectivity index is 1.77. The van der Waals surface area contributed by atoms with E-state index in [2.05, 4.69) is 14.9 Å². The monoisotopic (exact) mass is 433 g/mol. The van der Waals surface area contributed by atoms with Gasteiger partial charge in [0, 0.05) is 24.3 Å². The van der Waals surface area contributed by atoms with E-state index in [9.17, 15) is 18.0 Å². The highest BCUT2D eigenvalue weighted by molar-refractivity contribution is 5.95. The maximum atomic E-state index is 13.2. The molecule has 5 nitrogen and oxygen atoms in total. The zero-order valence-corrected chi connectivity index (χ0v) is 17.5. The molecule has 1 aliphatic heterocycles. The molecule has 8 heteroatoms. The Labute approximate surface area is 179 Å². The summed E-state index contributed by atoms with van der Waals surface area (Å²) in [5.74, 6) is 0.681. The fraction of sp³-hybridized carbons (Fsp3) is 0.522. The molecule has 31 heavy (non-hydrogen) atoms. The Morgan fingerprint density at radius 2 is 1.97 bits per heavy atom. The first kappa shape index (κ1) is 21.6. The van der Waals surface area contributed by atoms with Gasteiger partial charge in [-0.05, 0) is 50.7 Å². The Bertz CT molecular complexity index is 946. The minimum atomic E-state index is -4.45. The first-order valence-electron chi connectivity index (χ1n) is 10.9. The summed E-state index contributed by atoms with van der Waals surface area (Å²) in [5.41, 5.74) is -0.220. The van der Waals surface area contributed by atoms with Crippen LogP contribution in [-0.2, 0) is 10.9 Å². The number of carbonyl (C=O) groups is 1. The van der Waals surface area contributed by atoms with Crippen LogP contribution in [0.5, 0.6) is 0 Å². The van der Waals surface area contributed by atoms with Crippen LogP contribution in [0.3, 0.4) is 0 Å². The van der Waals surface area contributed by atoms with Gasteiger partial charge in [-0.2, -0.15) is 13.2 Å². The van der Waals surface area contributed by atoms with E-state index in [1.54, 1.807) is 13.0 Å². The number of benzene rings is 1. The fourth-order valence-electron chi connectivity index (χ4n) is 4.81. The van der Waals surface area contributed by atoms with E-state index < -0.39 is 17.7 Å². The molecule has 4 rings (SSSR count). The van der Waals surface area contributed by atoms with Crippen molar-refractivity contribution in [3.63, 3.8) is 0 Å². The largest absolute Gasteiger partial charge is 0.462 e. The van der Waals surface area contributed by atoms with E-state index >= 15 is 0 Å². The molecule has 2 fully saturated rings. The number of nitrogens with zero attached hydrogens (tertiary/aromatic N) is 3. The average molecular weight is 433 g/mol. The predicted octanol–water partition coefficient (Wildman–Crippen LogP) is 5.50. The van der Waals surface area contributed by atoms with Crippen LogP contribution >= 0.6 is 0 Å². The summed E-state index contributed by atoms with van der Waals surface area (Å²) in [7, 11) is 0. The molecule has 1 saturated carbocycles. The molecule has 1 saturated heterocycles. The average Bonchev–Trinajstić information content (AvgIpc) is 2.78. The fourth-order valence-corrected chi connectivity index (χ4v) is 4.81. The highest BCUT2D eigenvalue weighted by Crippen LogP contribution is 2.39.